The summed E-state index contributed by atoms with van der Waals surface area (Å²) in [4.78, 5) is 14.0. The molecule has 8 heteroatoms. The van der Waals surface area contributed by atoms with E-state index in [-0.39, 0.29) is 17.4 Å². The van der Waals surface area contributed by atoms with Crippen molar-refractivity contribution in [1.82, 2.24) is 10.2 Å². The van der Waals surface area contributed by atoms with Gasteiger partial charge >= 0.3 is 0 Å². The van der Waals surface area contributed by atoms with Crippen molar-refractivity contribution in [3.63, 3.8) is 0 Å². The molecule has 0 bridgehead atoms. The van der Waals surface area contributed by atoms with Crippen LogP contribution in [-0.4, -0.2) is 35.2 Å². The summed E-state index contributed by atoms with van der Waals surface area (Å²) >= 11 is 0. The van der Waals surface area contributed by atoms with Crippen LogP contribution in [0.3, 0.4) is 0 Å². The highest BCUT2D eigenvalue weighted by atomic mass is 19.1. The Morgan fingerprint density at radius 3 is 2.34 bits per heavy atom. The third-order valence-electron chi connectivity index (χ3n) is 6.42. The molecular formula is C27H25F2N5O. The first-order chi connectivity index (χ1) is 16.8. The lowest BCUT2D eigenvalue weighted by Crippen LogP contribution is -2.40. The van der Waals surface area contributed by atoms with E-state index < -0.39 is 11.7 Å². The van der Waals surface area contributed by atoms with Crippen molar-refractivity contribution in [2.45, 2.75) is 25.8 Å². The average Bonchev–Trinajstić information content (AvgIpc) is 2.82. The number of nitrogens with zero attached hydrogens (tertiary/aromatic N) is 3. The van der Waals surface area contributed by atoms with Gasteiger partial charge < -0.3 is 16.4 Å². The number of primary amides is 1. The molecule has 0 aliphatic carbocycles. The molecule has 6 nitrogen and oxygen atoms in total. The summed E-state index contributed by atoms with van der Waals surface area (Å²) in [5, 5.41) is 9.63. The molecule has 1 fully saturated rings. The van der Waals surface area contributed by atoms with E-state index in [1.807, 2.05) is 31.2 Å². The van der Waals surface area contributed by atoms with E-state index in [0.717, 1.165) is 46.7 Å². The first-order valence-corrected chi connectivity index (χ1v) is 11.5. The highest BCUT2D eigenvalue weighted by Crippen LogP contribution is 2.38. The van der Waals surface area contributed by atoms with Crippen LogP contribution in [0.2, 0.25) is 0 Å². The lowest BCUT2D eigenvalue weighted by molar-refractivity contribution is 0.1000. The number of aromatic nitrogens is 2. The number of rotatable bonds is 4. The van der Waals surface area contributed by atoms with Crippen LogP contribution >= 0.6 is 0 Å². The van der Waals surface area contributed by atoms with E-state index in [1.165, 1.54) is 24.3 Å². The summed E-state index contributed by atoms with van der Waals surface area (Å²) < 4.78 is 28.6. The van der Waals surface area contributed by atoms with Crippen molar-refractivity contribution >= 4 is 22.5 Å². The van der Waals surface area contributed by atoms with Gasteiger partial charge in [0.2, 0.25) is 5.91 Å². The summed E-state index contributed by atoms with van der Waals surface area (Å²) in [7, 11) is 0. The van der Waals surface area contributed by atoms with Crippen LogP contribution in [0.15, 0.2) is 54.6 Å². The minimum atomic E-state index is -0.728. The SMILES string of the molecule is Cc1cc(F)cc(-c2ccc3nnc(-c4cc(F)cc(C(N)=O)c4)c(N4CCC(N)CC4)c3c2)c1. The zero-order valence-corrected chi connectivity index (χ0v) is 19.3. The molecule has 1 amide bonds. The van der Waals surface area contributed by atoms with Gasteiger partial charge in [-0.1, -0.05) is 12.1 Å². The maximum atomic E-state index is 14.5. The normalized spacial score (nSPS) is 14.5. The van der Waals surface area contributed by atoms with Crippen LogP contribution in [0.4, 0.5) is 14.5 Å². The van der Waals surface area contributed by atoms with Crippen LogP contribution in [0.25, 0.3) is 33.3 Å². The molecule has 1 saturated heterocycles. The van der Waals surface area contributed by atoms with E-state index in [2.05, 4.69) is 15.1 Å². The number of carbonyl (C=O) groups is 1. The van der Waals surface area contributed by atoms with Gasteiger partial charge in [0.05, 0.1) is 11.2 Å². The Balaban J connectivity index is 1.75. The molecule has 2 heterocycles. The summed E-state index contributed by atoms with van der Waals surface area (Å²) in [6, 6.07) is 14.6. The number of aryl methyl sites for hydroxylation is 1. The number of nitrogens with two attached hydrogens (primary N) is 2. The minimum Gasteiger partial charge on any atom is -0.369 e. The van der Waals surface area contributed by atoms with Gasteiger partial charge in [-0.3, -0.25) is 4.79 Å². The number of fused-ring (bicyclic) bond motifs is 1. The molecule has 0 unspecified atom stereocenters. The molecule has 0 spiro atoms. The summed E-state index contributed by atoms with van der Waals surface area (Å²) in [6.45, 7) is 3.23. The van der Waals surface area contributed by atoms with Crippen molar-refractivity contribution in [3.05, 3.63) is 77.4 Å². The van der Waals surface area contributed by atoms with Gasteiger partial charge in [0.1, 0.15) is 17.3 Å². The lowest BCUT2D eigenvalue weighted by atomic mass is 9.97. The summed E-state index contributed by atoms with van der Waals surface area (Å²) in [6.07, 6.45) is 1.59. The van der Waals surface area contributed by atoms with E-state index in [9.17, 15) is 13.6 Å². The third-order valence-corrected chi connectivity index (χ3v) is 6.42. The zero-order valence-electron chi connectivity index (χ0n) is 19.3. The Morgan fingerprint density at radius 2 is 1.63 bits per heavy atom. The minimum absolute atomic E-state index is 0.0532. The highest BCUT2D eigenvalue weighted by Gasteiger charge is 2.24. The van der Waals surface area contributed by atoms with Crippen molar-refractivity contribution < 1.29 is 13.6 Å². The number of piperidine rings is 1. The standard InChI is InChI=1S/C27H25F2N5O/c1-15-8-17(11-20(28)9-15)16-2-3-24-23(14-16)26(34-6-4-22(30)5-7-34)25(33-32-24)18-10-19(27(31)35)13-21(29)12-18/h2-3,8-14,22H,4-7,30H2,1H3,(H2,31,35). The van der Waals surface area contributed by atoms with Crippen molar-refractivity contribution in [2.75, 3.05) is 18.0 Å². The van der Waals surface area contributed by atoms with E-state index in [4.69, 9.17) is 11.5 Å². The molecule has 1 aliphatic heterocycles. The van der Waals surface area contributed by atoms with Gasteiger partial charge in [-0.05, 0) is 78.9 Å². The first kappa shape index (κ1) is 22.9. The predicted molar refractivity (Wildman–Crippen MR) is 133 cm³/mol. The molecule has 0 saturated carbocycles. The number of hydrogen-bond acceptors (Lipinski definition) is 5. The summed E-state index contributed by atoms with van der Waals surface area (Å²) in [5.41, 5.74) is 16.3. The summed E-state index contributed by atoms with van der Waals surface area (Å²) in [5.74, 6) is -1.62. The maximum Gasteiger partial charge on any atom is 0.248 e. The molecule has 4 N–H and O–H groups in total. The number of amides is 1. The molecule has 5 rings (SSSR count). The molecule has 0 atom stereocenters. The Bertz CT molecular complexity index is 1430. The maximum absolute atomic E-state index is 14.5. The Morgan fingerprint density at radius 1 is 0.914 bits per heavy atom. The van der Waals surface area contributed by atoms with Crippen LogP contribution < -0.4 is 16.4 Å². The number of carbonyl (C=O) groups excluding carboxylic acids is 1. The van der Waals surface area contributed by atoms with Crippen molar-refractivity contribution in [1.29, 1.82) is 0 Å². The number of halogens is 2. The quantitative estimate of drug-likeness (QED) is 0.452. The lowest BCUT2D eigenvalue weighted by Gasteiger charge is -2.33. The van der Waals surface area contributed by atoms with Crippen LogP contribution in [-0.2, 0) is 0 Å². The molecule has 3 aromatic carbocycles. The fraction of sp³-hybridized carbons (Fsp3) is 0.222. The molecule has 35 heavy (non-hydrogen) atoms. The van der Waals surface area contributed by atoms with Gasteiger partial charge in [-0.2, -0.15) is 0 Å². The zero-order chi connectivity index (χ0) is 24.7. The molecule has 0 radical (unpaired) electrons. The highest BCUT2D eigenvalue weighted by molar-refractivity contribution is 6.01. The Hall–Kier alpha value is -3.91. The Kier molecular flexibility index (Phi) is 5.90. The Labute approximate surface area is 201 Å². The van der Waals surface area contributed by atoms with Gasteiger partial charge in [0.25, 0.3) is 0 Å². The average molecular weight is 474 g/mol. The topological polar surface area (TPSA) is 98.1 Å². The van der Waals surface area contributed by atoms with Crippen molar-refractivity contribution in [2.24, 2.45) is 11.5 Å². The molecule has 1 aliphatic rings. The molecule has 4 aromatic rings. The number of anilines is 1. The number of benzene rings is 3. The van der Waals surface area contributed by atoms with Gasteiger partial charge in [-0.15, -0.1) is 10.2 Å². The molecular weight excluding hydrogens is 448 g/mol. The third kappa shape index (κ3) is 4.57. The smallest absolute Gasteiger partial charge is 0.248 e. The van der Waals surface area contributed by atoms with Crippen LogP contribution in [0.5, 0.6) is 0 Å². The molecule has 1 aromatic heterocycles. The van der Waals surface area contributed by atoms with E-state index >= 15 is 0 Å². The largest absolute Gasteiger partial charge is 0.369 e. The monoisotopic (exact) mass is 473 g/mol. The second-order valence-electron chi connectivity index (χ2n) is 9.06. The number of hydrogen-bond donors (Lipinski definition) is 2. The van der Waals surface area contributed by atoms with Crippen LogP contribution in [0.1, 0.15) is 28.8 Å². The second-order valence-corrected chi connectivity index (χ2v) is 9.06. The predicted octanol–water partition coefficient (Wildman–Crippen LogP) is 4.58. The fourth-order valence-electron chi connectivity index (χ4n) is 4.68. The molecule has 178 valence electrons. The van der Waals surface area contributed by atoms with E-state index in [1.54, 1.807) is 0 Å². The first-order valence-electron chi connectivity index (χ1n) is 11.5. The van der Waals surface area contributed by atoms with Gasteiger partial charge in [-0.25, -0.2) is 8.78 Å². The van der Waals surface area contributed by atoms with Gasteiger partial charge in [0, 0.05) is 35.6 Å². The second kappa shape index (κ2) is 9.03. The van der Waals surface area contributed by atoms with E-state index in [0.29, 0.717) is 29.9 Å². The van der Waals surface area contributed by atoms with Crippen LogP contribution in [0, 0.1) is 18.6 Å². The fourth-order valence-corrected chi connectivity index (χ4v) is 4.68. The van der Waals surface area contributed by atoms with Crippen molar-refractivity contribution in [3.8, 4) is 22.4 Å². The van der Waals surface area contributed by atoms with Gasteiger partial charge in [0.15, 0.2) is 0 Å².